The monoisotopic (exact) mass is 423 g/mol. The van der Waals surface area contributed by atoms with Gasteiger partial charge in [0.1, 0.15) is 0 Å². The summed E-state index contributed by atoms with van der Waals surface area (Å²) in [5.74, 6) is 0. The van der Waals surface area contributed by atoms with Gasteiger partial charge in [0.05, 0.1) is 6.61 Å². The SMILES string of the molecule is CCCCCCCCCCCCCCCCCCCCCCCCCCN=CCO. The number of hydrogen-bond donors (Lipinski definition) is 1. The molecule has 0 aromatic carbocycles. The van der Waals surface area contributed by atoms with Crippen molar-refractivity contribution in [2.75, 3.05) is 13.2 Å². The smallest absolute Gasteiger partial charge is 0.0779 e. The van der Waals surface area contributed by atoms with Crippen molar-refractivity contribution in [2.45, 2.75) is 161 Å². The van der Waals surface area contributed by atoms with Crippen molar-refractivity contribution in [1.82, 2.24) is 0 Å². The van der Waals surface area contributed by atoms with Crippen molar-refractivity contribution in [3.8, 4) is 0 Å². The molecular formula is C28H57NO. The summed E-state index contributed by atoms with van der Waals surface area (Å²) >= 11 is 0. The Labute approximate surface area is 190 Å². The van der Waals surface area contributed by atoms with Crippen molar-refractivity contribution >= 4 is 6.21 Å². The summed E-state index contributed by atoms with van der Waals surface area (Å²) in [6.07, 6.45) is 36.0. The van der Waals surface area contributed by atoms with E-state index in [9.17, 15) is 0 Å². The maximum absolute atomic E-state index is 8.60. The first-order valence-corrected chi connectivity index (χ1v) is 14.0. The number of aliphatic hydroxyl groups excluding tert-OH is 1. The highest BCUT2D eigenvalue weighted by Gasteiger charge is 1.96. The van der Waals surface area contributed by atoms with Crippen LogP contribution >= 0.6 is 0 Å². The Morgan fingerprint density at radius 2 is 0.700 bits per heavy atom. The zero-order valence-corrected chi connectivity index (χ0v) is 20.9. The predicted octanol–water partition coefficient (Wildman–Crippen LogP) is 9.43. The minimum atomic E-state index is 0.0827. The molecule has 2 nitrogen and oxygen atoms in total. The summed E-state index contributed by atoms with van der Waals surface area (Å²) in [7, 11) is 0. The largest absolute Gasteiger partial charge is 0.391 e. The van der Waals surface area contributed by atoms with Crippen molar-refractivity contribution in [1.29, 1.82) is 0 Å². The van der Waals surface area contributed by atoms with E-state index >= 15 is 0 Å². The first kappa shape index (κ1) is 29.6. The van der Waals surface area contributed by atoms with Gasteiger partial charge in [0.15, 0.2) is 0 Å². The number of rotatable bonds is 26. The standard InChI is InChI=1S/C28H57NO/c1-2-3-4-5-6-7-8-9-10-11-12-13-14-15-16-17-18-19-20-21-22-23-24-25-26-29-27-28-30/h27,30H,2-26,28H2,1H3. The number of hydrogen-bond acceptors (Lipinski definition) is 2. The molecule has 0 bridgehead atoms. The van der Waals surface area contributed by atoms with E-state index in [1.807, 2.05) is 0 Å². The van der Waals surface area contributed by atoms with Gasteiger partial charge in [-0.25, -0.2) is 0 Å². The van der Waals surface area contributed by atoms with Gasteiger partial charge in [-0.05, 0) is 6.42 Å². The molecule has 180 valence electrons. The van der Waals surface area contributed by atoms with Crippen molar-refractivity contribution in [2.24, 2.45) is 4.99 Å². The van der Waals surface area contributed by atoms with Crippen LogP contribution in [0.5, 0.6) is 0 Å². The van der Waals surface area contributed by atoms with Crippen LogP contribution in [0.25, 0.3) is 0 Å². The number of aliphatic hydroxyl groups is 1. The van der Waals surface area contributed by atoms with Gasteiger partial charge in [-0.15, -0.1) is 0 Å². The van der Waals surface area contributed by atoms with Crippen LogP contribution in [-0.4, -0.2) is 24.5 Å². The van der Waals surface area contributed by atoms with E-state index in [-0.39, 0.29) is 6.61 Å². The Morgan fingerprint density at radius 3 is 0.967 bits per heavy atom. The highest BCUT2D eigenvalue weighted by Crippen LogP contribution is 2.15. The summed E-state index contributed by atoms with van der Waals surface area (Å²) in [6, 6.07) is 0. The molecule has 2 heteroatoms. The normalized spacial score (nSPS) is 11.7. The molecule has 0 rings (SSSR count). The first-order valence-electron chi connectivity index (χ1n) is 14.0. The predicted molar refractivity (Wildman–Crippen MR) is 137 cm³/mol. The molecule has 0 aliphatic rings. The van der Waals surface area contributed by atoms with Crippen LogP contribution in [0.3, 0.4) is 0 Å². The van der Waals surface area contributed by atoms with Gasteiger partial charge >= 0.3 is 0 Å². The fraction of sp³-hybridized carbons (Fsp3) is 0.964. The molecule has 0 aromatic heterocycles. The summed E-state index contributed by atoms with van der Waals surface area (Å²) in [5, 5.41) is 8.60. The quantitative estimate of drug-likeness (QED) is 0.109. The Hall–Kier alpha value is -0.370. The zero-order valence-electron chi connectivity index (χ0n) is 20.9. The van der Waals surface area contributed by atoms with Crippen molar-refractivity contribution in [3.63, 3.8) is 0 Å². The summed E-state index contributed by atoms with van der Waals surface area (Å²) in [4.78, 5) is 4.14. The second kappa shape index (κ2) is 28.6. The van der Waals surface area contributed by atoms with Crippen LogP contribution in [-0.2, 0) is 0 Å². The Balaban J connectivity index is 2.99. The lowest BCUT2D eigenvalue weighted by Gasteiger charge is -2.04. The molecule has 0 aromatic rings. The second-order valence-electron chi connectivity index (χ2n) is 9.40. The minimum absolute atomic E-state index is 0.0827. The maximum Gasteiger partial charge on any atom is 0.0779 e. The van der Waals surface area contributed by atoms with Gasteiger partial charge in [-0.1, -0.05) is 155 Å². The third-order valence-electron chi connectivity index (χ3n) is 6.35. The van der Waals surface area contributed by atoms with E-state index in [4.69, 9.17) is 5.11 Å². The molecule has 0 atom stereocenters. The van der Waals surface area contributed by atoms with Crippen LogP contribution in [0, 0.1) is 0 Å². The molecule has 0 fully saturated rings. The molecule has 0 spiro atoms. The molecular weight excluding hydrogens is 366 g/mol. The van der Waals surface area contributed by atoms with E-state index < -0.39 is 0 Å². The van der Waals surface area contributed by atoms with Gasteiger partial charge in [-0.2, -0.15) is 0 Å². The van der Waals surface area contributed by atoms with Crippen LogP contribution in [0.4, 0.5) is 0 Å². The number of unbranched alkanes of at least 4 members (excludes halogenated alkanes) is 23. The summed E-state index contributed by atoms with van der Waals surface area (Å²) < 4.78 is 0. The number of aliphatic imine (C=N–C) groups is 1. The highest BCUT2D eigenvalue weighted by atomic mass is 16.2. The second-order valence-corrected chi connectivity index (χ2v) is 9.40. The van der Waals surface area contributed by atoms with Crippen LogP contribution < -0.4 is 0 Å². The summed E-state index contributed by atoms with van der Waals surface area (Å²) in [6.45, 7) is 3.27. The lowest BCUT2D eigenvalue weighted by molar-refractivity contribution is 0.361. The molecule has 0 amide bonds. The third-order valence-corrected chi connectivity index (χ3v) is 6.35. The maximum atomic E-state index is 8.60. The summed E-state index contributed by atoms with van der Waals surface area (Å²) in [5.41, 5.74) is 0. The zero-order chi connectivity index (χ0) is 21.8. The average Bonchev–Trinajstić information content (AvgIpc) is 2.76. The molecule has 0 saturated carbocycles. The van der Waals surface area contributed by atoms with E-state index in [1.54, 1.807) is 6.21 Å². The van der Waals surface area contributed by atoms with Crippen LogP contribution in [0.1, 0.15) is 161 Å². The Kier molecular flexibility index (Phi) is 28.3. The molecule has 30 heavy (non-hydrogen) atoms. The lowest BCUT2D eigenvalue weighted by Crippen LogP contribution is -1.87. The van der Waals surface area contributed by atoms with E-state index in [1.165, 1.54) is 154 Å². The van der Waals surface area contributed by atoms with Crippen LogP contribution in [0.15, 0.2) is 4.99 Å². The fourth-order valence-corrected chi connectivity index (χ4v) is 4.31. The minimum Gasteiger partial charge on any atom is -0.391 e. The Bertz CT molecular complexity index is 316. The van der Waals surface area contributed by atoms with Crippen molar-refractivity contribution < 1.29 is 5.11 Å². The van der Waals surface area contributed by atoms with E-state index in [0.717, 1.165) is 6.54 Å². The molecule has 0 radical (unpaired) electrons. The van der Waals surface area contributed by atoms with Crippen molar-refractivity contribution in [3.05, 3.63) is 0 Å². The Morgan fingerprint density at radius 1 is 0.433 bits per heavy atom. The molecule has 0 heterocycles. The molecule has 1 N–H and O–H groups in total. The third kappa shape index (κ3) is 27.6. The molecule has 0 saturated heterocycles. The van der Waals surface area contributed by atoms with Gasteiger partial charge in [0.25, 0.3) is 0 Å². The van der Waals surface area contributed by atoms with E-state index in [2.05, 4.69) is 11.9 Å². The molecule has 0 aliphatic carbocycles. The molecule has 0 unspecified atom stereocenters. The number of nitrogens with zero attached hydrogens (tertiary/aromatic N) is 1. The van der Waals surface area contributed by atoms with Gasteiger partial charge in [-0.3, -0.25) is 4.99 Å². The van der Waals surface area contributed by atoms with Gasteiger partial charge in [0.2, 0.25) is 0 Å². The highest BCUT2D eigenvalue weighted by molar-refractivity contribution is 5.57. The van der Waals surface area contributed by atoms with Gasteiger partial charge in [0, 0.05) is 12.8 Å². The fourth-order valence-electron chi connectivity index (χ4n) is 4.31. The lowest BCUT2D eigenvalue weighted by atomic mass is 10.0. The van der Waals surface area contributed by atoms with Gasteiger partial charge < -0.3 is 5.11 Å². The van der Waals surface area contributed by atoms with Crippen LogP contribution in [0.2, 0.25) is 0 Å². The topological polar surface area (TPSA) is 32.6 Å². The average molecular weight is 424 g/mol. The van der Waals surface area contributed by atoms with E-state index in [0.29, 0.717) is 0 Å². The molecule has 0 aliphatic heterocycles. The first-order chi connectivity index (χ1) is 14.9.